The molecule has 2 aromatic heterocycles. The van der Waals surface area contributed by atoms with Gasteiger partial charge in [0.2, 0.25) is 0 Å². The van der Waals surface area contributed by atoms with Gasteiger partial charge in [-0.25, -0.2) is 18.1 Å². The van der Waals surface area contributed by atoms with Crippen molar-refractivity contribution in [3.63, 3.8) is 0 Å². The number of H-pyrrole nitrogens is 1. The topological polar surface area (TPSA) is 195 Å². The van der Waals surface area contributed by atoms with Crippen LogP contribution in [0, 0.1) is 21.4 Å². The third-order valence-electron chi connectivity index (χ3n) is 17.9. The predicted molar refractivity (Wildman–Crippen MR) is 303 cm³/mol. The van der Waals surface area contributed by atoms with Gasteiger partial charge in [0, 0.05) is 87.3 Å². The number of aromatic amines is 1. The van der Waals surface area contributed by atoms with Gasteiger partial charge in [0.05, 0.1) is 33.8 Å². The van der Waals surface area contributed by atoms with Crippen molar-refractivity contribution < 1.29 is 32.7 Å². The smallest absolute Gasteiger partial charge is 0.293 e. The minimum atomic E-state index is -4.59. The van der Waals surface area contributed by atoms with Gasteiger partial charge in [-0.1, -0.05) is 64.1 Å². The number of carbonyl (C=O) groups excluding carboxylic acids is 1. The van der Waals surface area contributed by atoms with E-state index < -0.39 is 37.0 Å². The Hall–Kier alpha value is -6.53. The quantitative estimate of drug-likeness (QED) is 0.0561. The number of piperazine rings is 1. The van der Waals surface area contributed by atoms with E-state index in [-0.39, 0.29) is 39.8 Å². The Morgan fingerprint density at radius 3 is 2.49 bits per heavy atom. The second kappa shape index (κ2) is 21.3. The molecule has 1 spiro atoms. The van der Waals surface area contributed by atoms with E-state index in [9.17, 15) is 28.4 Å². The number of nitrogens with zero attached hydrogens (tertiary/aromatic N) is 5. The van der Waals surface area contributed by atoms with Crippen LogP contribution >= 0.6 is 0 Å². The van der Waals surface area contributed by atoms with Crippen LogP contribution in [0.4, 0.5) is 17.1 Å². The van der Waals surface area contributed by atoms with Crippen LogP contribution in [0.15, 0.2) is 108 Å². The first-order chi connectivity index (χ1) is 37.3. The van der Waals surface area contributed by atoms with Gasteiger partial charge >= 0.3 is 0 Å². The summed E-state index contributed by atoms with van der Waals surface area (Å²) in [6, 6.07) is 29.1. The fourth-order valence-corrected chi connectivity index (χ4v) is 14.1. The zero-order valence-electron chi connectivity index (χ0n) is 45.6. The van der Waals surface area contributed by atoms with Crippen LogP contribution in [0.2, 0.25) is 0 Å². The second-order valence-electron chi connectivity index (χ2n) is 24.2. The highest BCUT2D eigenvalue weighted by Crippen LogP contribution is 2.54. The fraction of sp³-hybridized carbons (Fsp3) is 0.475. The summed E-state index contributed by atoms with van der Waals surface area (Å²) in [4.78, 5) is 40.7. The molecule has 0 bridgehead atoms. The Labute approximate surface area is 458 Å². The first-order valence-corrected chi connectivity index (χ1v) is 29.4. The summed E-state index contributed by atoms with van der Waals surface area (Å²) in [6.45, 7) is 17.7. The van der Waals surface area contributed by atoms with Crippen LogP contribution in [0.25, 0.3) is 11.0 Å². The number of aromatic nitrogens is 2. The number of nitro groups is 1. The van der Waals surface area contributed by atoms with Gasteiger partial charge in [-0.15, -0.1) is 0 Å². The Bertz CT molecular complexity index is 3310. The molecule has 0 radical (unpaired) electrons. The molecule has 17 heteroatoms. The van der Waals surface area contributed by atoms with E-state index in [2.05, 4.69) is 105 Å². The average Bonchev–Trinajstić information content (AvgIpc) is 4.02. The van der Waals surface area contributed by atoms with E-state index in [1.54, 1.807) is 30.6 Å². The molecule has 412 valence electrons. The van der Waals surface area contributed by atoms with Gasteiger partial charge in [-0.05, 0) is 152 Å². The highest BCUT2D eigenvalue weighted by molar-refractivity contribution is 7.90. The second-order valence-corrected chi connectivity index (χ2v) is 25.9. The monoisotopic (exact) mass is 1080 g/mol. The van der Waals surface area contributed by atoms with E-state index in [0.29, 0.717) is 42.7 Å². The number of fused-ring (bicyclic) bond motifs is 2. The molecule has 4 aromatic carbocycles. The number of ether oxygens (including phenoxy) is 2. The van der Waals surface area contributed by atoms with Gasteiger partial charge in [0.25, 0.3) is 21.6 Å². The van der Waals surface area contributed by atoms with Crippen molar-refractivity contribution in [2.45, 2.75) is 133 Å². The minimum Gasteiger partial charge on any atom is -0.493 e. The van der Waals surface area contributed by atoms with Gasteiger partial charge in [0.15, 0.2) is 0 Å². The molecule has 4 fully saturated rings. The number of rotatable bonds is 15. The van der Waals surface area contributed by atoms with Crippen LogP contribution in [0.3, 0.4) is 0 Å². The lowest BCUT2D eigenvalue weighted by molar-refractivity contribution is -0.384. The molecule has 5 aliphatic rings. The molecule has 4 N–H and O–H groups in total. The first-order valence-electron chi connectivity index (χ1n) is 28.0. The Kier molecular flexibility index (Phi) is 14.6. The first kappa shape index (κ1) is 53.5. The van der Waals surface area contributed by atoms with Gasteiger partial charge in [-0.3, -0.25) is 24.7 Å². The zero-order valence-corrected chi connectivity index (χ0v) is 46.4. The van der Waals surface area contributed by atoms with Crippen molar-refractivity contribution in [2.24, 2.45) is 11.3 Å². The molecule has 1 atom stereocenters. The van der Waals surface area contributed by atoms with Crippen molar-refractivity contribution in [1.82, 2.24) is 24.5 Å². The maximum Gasteiger partial charge on any atom is 0.293 e. The van der Waals surface area contributed by atoms with E-state index in [4.69, 9.17) is 9.47 Å². The number of pyridine rings is 1. The van der Waals surface area contributed by atoms with Crippen LogP contribution in [-0.4, -0.2) is 102 Å². The molecule has 78 heavy (non-hydrogen) atoms. The average molecular weight is 1080 g/mol. The number of sulfonamides is 1. The number of carbonyl (C=O) groups is 1. The number of nitrogens with one attached hydrogen (secondary N) is 3. The van der Waals surface area contributed by atoms with Crippen LogP contribution < -0.4 is 24.4 Å². The van der Waals surface area contributed by atoms with Crippen molar-refractivity contribution in [3.8, 4) is 17.2 Å². The predicted octanol–water partition coefficient (Wildman–Crippen LogP) is 11.2. The third kappa shape index (κ3) is 11.2. The standard InChI is InChI=1S/C61H74N8O8S/c1-40(2)48-8-6-7-9-49(48)54-39-66(38-42-10-14-51-56(30-42)76-29-23-59(51,3)4)27-28-68(54)45-34-61(35-45)21-25-67(26-22-61)44-11-13-50(55(32-44)77-46-31-43-18-24-62-57(43)64-37-46)58(70)65-78(74,75)47-12-15-52(53(33-47)69(72)73)63-36-41-16-19-60(5,71)20-17-41/h6-15,18,24,30-33,37,40-41,45,54,63,71H,16-17,19-23,25-29,34-36,38-39H2,1-5H3,(H,62,64)(H,65,70)/t41?,54-,60?/m0/s1. The van der Waals surface area contributed by atoms with Gasteiger partial charge < -0.3 is 29.8 Å². The summed E-state index contributed by atoms with van der Waals surface area (Å²) in [5.41, 5.74) is 6.32. The molecule has 0 unspecified atom stereocenters. The summed E-state index contributed by atoms with van der Waals surface area (Å²) in [6.07, 6.45) is 11.5. The van der Waals surface area contributed by atoms with Crippen molar-refractivity contribution in [1.29, 1.82) is 0 Å². The molecule has 1 amide bonds. The maximum absolute atomic E-state index is 14.2. The summed E-state index contributed by atoms with van der Waals surface area (Å²) < 4.78 is 42.6. The molecule has 16 nitrogen and oxygen atoms in total. The molecule has 6 aromatic rings. The lowest BCUT2D eigenvalue weighted by Crippen LogP contribution is -2.60. The Morgan fingerprint density at radius 1 is 0.936 bits per heavy atom. The normalized spacial score (nSPS) is 22.6. The van der Waals surface area contributed by atoms with Crippen LogP contribution in [0.5, 0.6) is 17.2 Å². The molecule has 2 aliphatic carbocycles. The molecule has 2 saturated carbocycles. The highest BCUT2D eigenvalue weighted by atomic mass is 32.2. The molecule has 2 saturated heterocycles. The number of amides is 1. The number of nitro benzene ring substituents is 1. The molecule has 3 aliphatic heterocycles. The van der Waals surface area contributed by atoms with Gasteiger partial charge in [-0.2, -0.15) is 0 Å². The van der Waals surface area contributed by atoms with Crippen LogP contribution in [0.1, 0.15) is 137 Å². The summed E-state index contributed by atoms with van der Waals surface area (Å²) in [5, 5.41) is 26.5. The van der Waals surface area contributed by atoms with E-state index in [0.717, 1.165) is 114 Å². The van der Waals surface area contributed by atoms with Crippen molar-refractivity contribution >= 4 is 44.0 Å². The zero-order chi connectivity index (χ0) is 54.6. The number of hydrogen-bond acceptors (Lipinski definition) is 13. The van der Waals surface area contributed by atoms with Crippen molar-refractivity contribution in [3.05, 3.63) is 141 Å². The SMILES string of the molecule is CC(C)c1ccccc1[C@@H]1CN(Cc2ccc3c(c2)OCCC3(C)C)CCN1C1CC2(CCN(c3ccc(C(=O)NS(=O)(=O)c4ccc(NCC5CCC(C)(O)CC5)c([N+](=O)[O-])c4)c(Oc4cnc5[nH]ccc5c4)c3)CC2)C1. The molecular weight excluding hydrogens is 1000 g/mol. The minimum absolute atomic E-state index is 0.0273. The number of anilines is 2. The summed E-state index contributed by atoms with van der Waals surface area (Å²) >= 11 is 0. The largest absolute Gasteiger partial charge is 0.493 e. The summed E-state index contributed by atoms with van der Waals surface area (Å²) in [5.74, 6) is 1.20. The molecule has 11 rings (SSSR count). The number of benzene rings is 4. The lowest BCUT2D eigenvalue weighted by atomic mass is 9.59. The number of hydrogen-bond donors (Lipinski definition) is 4. The van der Waals surface area contributed by atoms with E-state index in [1.807, 2.05) is 19.1 Å². The third-order valence-corrected chi connectivity index (χ3v) is 19.3. The fourth-order valence-electron chi connectivity index (χ4n) is 13.1. The number of piperidine rings is 1. The Morgan fingerprint density at radius 2 is 1.72 bits per heavy atom. The van der Waals surface area contributed by atoms with E-state index >= 15 is 0 Å². The highest BCUT2D eigenvalue weighted by Gasteiger charge is 2.50. The maximum atomic E-state index is 14.2. The van der Waals surface area contributed by atoms with Gasteiger partial charge in [0.1, 0.15) is 28.6 Å². The van der Waals surface area contributed by atoms with E-state index in [1.165, 1.54) is 34.4 Å². The summed E-state index contributed by atoms with van der Waals surface area (Å²) in [7, 11) is -4.59. The van der Waals surface area contributed by atoms with Crippen LogP contribution in [-0.2, 0) is 22.0 Å². The molecular formula is C61H74N8O8S. The lowest BCUT2D eigenvalue weighted by Gasteiger charge is -2.58. The number of aliphatic hydroxyl groups is 1. The molecule has 5 heterocycles. The Balaban J connectivity index is 0.776. The van der Waals surface area contributed by atoms with Crippen molar-refractivity contribution in [2.75, 3.05) is 56.1 Å².